The fourth-order valence-electron chi connectivity index (χ4n) is 3.21. The Morgan fingerprint density at radius 1 is 1.03 bits per heavy atom. The highest BCUT2D eigenvalue weighted by atomic mass is 16.6. The summed E-state index contributed by atoms with van der Waals surface area (Å²) in [7, 11) is 1.57. The molecule has 0 saturated heterocycles. The third-order valence-electron chi connectivity index (χ3n) is 4.69. The van der Waals surface area contributed by atoms with Crippen LogP contribution in [0.3, 0.4) is 0 Å². The molecule has 0 aromatic heterocycles. The largest absolute Gasteiger partial charge is 0.493 e. The van der Waals surface area contributed by atoms with E-state index in [1.165, 1.54) is 5.56 Å². The molecule has 0 aliphatic heterocycles. The summed E-state index contributed by atoms with van der Waals surface area (Å²) in [5.74, 6) is 1.86. The number of rotatable bonds is 11. The van der Waals surface area contributed by atoms with Crippen LogP contribution in [0.4, 0.5) is 0 Å². The Bertz CT molecular complexity index is 817. The lowest BCUT2D eigenvalue weighted by Crippen LogP contribution is -2.03. The van der Waals surface area contributed by atoms with Crippen molar-refractivity contribution in [1.29, 1.82) is 0 Å². The highest BCUT2D eigenvalue weighted by molar-refractivity contribution is 5.98. The summed E-state index contributed by atoms with van der Waals surface area (Å²) in [4.78, 5) is 4.86. The molecule has 0 heterocycles. The van der Waals surface area contributed by atoms with E-state index in [1.54, 1.807) is 7.11 Å². The summed E-state index contributed by atoms with van der Waals surface area (Å²) < 4.78 is 11.8. The normalized spacial score (nSPS) is 11.7. The van der Waals surface area contributed by atoms with Gasteiger partial charge in [0.15, 0.2) is 0 Å². The van der Waals surface area contributed by atoms with Gasteiger partial charge >= 0.3 is 0 Å². The maximum Gasteiger partial charge on any atom is 0.125 e. The Morgan fingerprint density at radius 2 is 1.79 bits per heavy atom. The van der Waals surface area contributed by atoms with E-state index in [0.717, 1.165) is 53.2 Å². The molecule has 0 amide bonds. The Labute approximate surface area is 175 Å². The Hall–Kier alpha value is -2.75. The van der Waals surface area contributed by atoms with Crippen LogP contribution < -0.4 is 9.47 Å². The zero-order chi connectivity index (χ0) is 21.1. The van der Waals surface area contributed by atoms with Crippen LogP contribution in [0.5, 0.6) is 11.5 Å². The van der Waals surface area contributed by atoms with Crippen LogP contribution in [0.15, 0.2) is 53.7 Å². The summed E-state index contributed by atoms with van der Waals surface area (Å²) in [6.07, 6.45) is 7.09. The highest BCUT2D eigenvalue weighted by Gasteiger charge is 2.07. The number of benzene rings is 2. The average Bonchev–Trinajstić information content (AvgIpc) is 2.70. The Balaban J connectivity index is 1.82. The van der Waals surface area contributed by atoms with Gasteiger partial charge in [0.25, 0.3) is 0 Å². The Kier molecular flexibility index (Phi) is 9.29. The lowest BCUT2D eigenvalue weighted by molar-refractivity contribution is 0.213. The first-order valence-electron chi connectivity index (χ1n) is 10.2. The second-order valence-corrected chi connectivity index (χ2v) is 7.13. The van der Waals surface area contributed by atoms with Crippen molar-refractivity contribution < 1.29 is 14.3 Å². The van der Waals surface area contributed by atoms with Crippen molar-refractivity contribution in [3.8, 4) is 11.5 Å². The minimum Gasteiger partial charge on any atom is -0.493 e. The predicted octanol–water partition coefficient (Wildman–Crippen LogP) is 6.03. The molecule has 0 spiro atoms. The molecule has 4 heteroatoms. The molecule has 156 valence electrons. The van der Waals surface area contributed by atoms with E-state index >= 15 is 0 Å². The SMILES string of the molecule is C/C=C/COc1cc(C)c(OCCCCc2cccc(C(C)=NOC)c2)c(C)c1. The summed E-state index contributed by atoms with van der Waals surface area (Å²) in [5, 5.41) is 4.01. The van der Waals surface area contributed by atoms with Crippen LogP contribution in [0, 0.1) is 13.8 Å². The van der Waals surface area contributed by atoms with Crippen molar-refractivity contribution in [2.45, 2.75) is 47.0 Å². The van der Waals surface area contributed by atoms with Crippen LogP contribution in [-0.4, -0.2) is 26.0 Å². The minimum atomic E-state index is 0.591. The standard InChI is InChI=1S/C25H33NO3/c1-6-7-14-28-24-16-19(2)25(20(3)17-24)29-15-9-8-11-22-12-10-13-23(18-22)21(4)26-27-5/h6-7,10,12-13,16-18H,8-9,11,14-15H2,1-5H3/b7-6+,26-21?. The van der Waals surface area contributed by atoms with Crippen LogP contribution >= 0.6 is 0 Å². The first kappa shape index (κ1) is 22.5. The zero-order valence-corrected chi connectivity index (χ0v) is 18.3. The average molecular weight is 396 g/mol. The molecule has 0 atom stereocenters. The first-order valence-corrected chi connectivity index (χ1v) is 10.2. The van der Waals surface area contributed by atoms with Crippen LogP contribution in [0.1, 0.15) is 48.9 Å². The summed E-state index contributed by atoms with van der Waals surface area (Å²) >= 11 is 0. The van der Waals surface area contributed by atoms with Gasteiger partial charge in [0.1, 0.15) is 25.2 Å². The van der Waals surface area contributed by atoms with E-state index < -0.39 is 0 Å². The molecule has 29 heavy (non-hydrogen) atoms. The minimum absolute atomic E-state index is 0.591. The van der Waals surface area contributed by atoms with E-state index in [0.29, 0.717) is 13.2 Å². The van der Waals surface area contributed by atoms with Gasteiger partial charge in [-0.3, -0.25) is 0 Å². The van der Waals surface area contributed by atoms with Gasteiger partial charge < -0.3 is 14.3 Å². The summed E-state index contributed by atoms with van der Waals surface area (Å²) in [6.45, 7) is 9.39. The van der Waals surface area contributed by atoms with Crippen molar-refractivity contribution in [1.82, 2.24) is 0 Å². The molecule has 0 unspecified atom stereocenters. The maximum absolute atomic E-state index is 6.07. The molecule has 2 aromatic carbocycles. The first-order chi connectivity index (χ1) is 14.0. The molecule has 0 aliphatic carbocycles. The molecule has 4 nitrogen and oxygen atoms in total. The number of nitrogens with zero attached hydrogens (tertiary/aromatic N) is 1. The van der Waals surface area contributed by atoms with Crippen molar-refractivity contribution >= 4 is 5.71 Å². The van der Waals surface area contributed by atoms with Crippen molar-refractivity contribution in [3.05, 3.63) is 70.8 Å². The van der Waals surface area contributed by atoms with E-state index in [-0.39, 0.29) is 0 Å². The van der Waals surface area contributed by atoms with Gasteiger partial charge in [0, 0.05) is 0 Å². The van der Waals surface area contributed by atoms with Gasteiger partial charge in [0.05, 0.1) is 12.3 Å². The fourth-order valence-corrected chi connectivity index (χ4v) is 3.21. The van der Waals surface area contributed by atoms with Crippen LogP contribution in [0.2, 0.25) is 0 Å². The summed E-state index contributed by atoms with van der Waals surface area (Å²) in [6, 6.07) is 12.6. The van der Waals surface area contributed by atoms with Gasteiger partial charge in [-0.25, -0.2) is 0 Å². The lowest BCUT2D eigenvalue weighted by atomic mass is 10.0. The molecule has 2 rings (SSSR count). The van der Waals surface area contributed by atoms with E-state index in [9.17, 15) is 0 Å². The third kappa shape index (κ3) is 7.30. The molecule has 0 saturated carbocycles. The van der Waals surface area contributed by atoms with E-state index in [2.05, 4.69) is 43.3 Å². The predicted molar refractivity (Wildman–Crippen MR) is 120 cm³/mol. The molecule has 0 bridgehead atoms. The molecular formula is C25H33NO3. The number of aryl methyl sites for hydroxylation is 3. The number of unbranched alkanes of at least 4 members (excludes halogenated alkanes) is 1. The zero-order valence-electron chi connectivity index (χ0n) is 18.3. The monoisotopic (exact) mass is 395 g/mol. The quantitative estimate of drug-likeness (QED) is 0.202. The molecule has 0 radical (unpaired) electrons. The number of allylic oxidation sites excluding steroid dienone is 1. The number of oxime groups is 1. The molecular weight excluding hydrogens is 362 g/mol. The highest BCUT2D eigenvalue weighted by Crippen LogP contribution is 2.28. The van der Waals surface area contributed by atoms with Gasteiger partial charge in [-0.05, 0) is 87.4 Å². The van der Waals surface area contributed by atoms with E-state index in [4.69, 9.17) is 14.3 Å². The van der Waals surface area contributed by atoms with Crippen LogP contribution in [-0.2, 0) is 11.3 Å². The van der Waals surface area contributed by atoms with Crippen molar-refractivity contribution in [3.63, 3.8) is 0 Å². The second kappa shape index (κ2) is 11.9. The van der Waals surface area contributed by atoms with Crippen molar-refractivity contribution in [2.75, 3.05) is 20.3 Å². The number of hydrogen-bond donors (Lipinski definition) is 0. The second-order valence-electron chi connectivity index (χ2n) is 7.13. The molecule has 2 aromatic rings. The van der Waals surface area contributed by atoms with E-state index in [1.807, 2.05) is 38.1 Å². The molecule has 0 N–H and O–H groups in total. The maximum atomic E-state index is 6.07. The summed E-state index contributed by atoms with van der Waals surface area (Å²) in [5.41, 5.74) is 5.52. The fraction of sp³-hybridized carbons (Fsp3) is 0.400. The van der Waals surface area contributed by atoms with Gasteiger partial charge in [-0.2, -0.15) is 0 Å². The number of ether oxygens (including phenoxy) is 2. The van der Waals surface area contributed by atoms with Crippen LogP contribution in [0.25, 0.3) is 0 Å². The lowest BCUT2D eigenvalue weighted by Gasteiger charge is -2.14. The van der Waals surface area contributed by atoms with Crippen molar-refractivity contribution in [2.24, 2.45) is 5.16 Å². The number of hydrogen-bond acceptors (Lipinski definition) is 4. The Morgan fingerprint density at radius 3 is 2.48 bits per heavy atom. The molecule has 0 aliphatic rings. The molecule has 0 fully saturated rings. The van der Waals surface area contributed by atoms with Gasteiger partial charge in [-0.15, -0.1) is 0 Å². The van der Waals surface area contributed by atoms with Gasteiger partial charge in [0.2, 0.25) is 0 Å². The topological polar surface area (TPSA) is 40.0 Å². The van der Waals surface area contributed by atoms with Gasteiger partial charge in [-0.1, -0.05) is 35.5 Å². The third-order valence-corrected chi connectivity index (χ3v) is 4.69. The smallest absolute Gasteiger partial charge is 0.125 e.